The first-order chi connectivity index (χ1) is 18.7. The van der Waals surface area contributed by atoms with Gasteiger partial charge in [0.25, 0.3) is 5.91 Å². The van der Waals surface area contributed by atoms with Gasteiger partial charge in [-0.2, -0.15) is 0 Å². The molecule has 0 bridgehead atoms. The van der Waals surface area contributed by atoms with Crippen molar-refractivity contribution < 1.29 is 23.9 Å². The summed E-state index contributed by atoms with van der Waals surface area (Å²) < 4.78 is 5.36. The zero-order chi connectivity index (χ0) is 29.8. The zero-order valence-corrected chi connectivity index (χ0v) is 24.6. The molecule has 2 unspecified atom stereocenters. The van der Waals surface area contributed by atoms with Gasteiger partial charge in [0.15, 0.2) is 0 Å². The second-order valence-electron chi connectivity index (χ2n) is 11.7. The van der Waals surface area contributed by atoms with Crippen molar-refractivity contribution in [1.82, 2.24) is 10.2 Å². The van der Waals surface area contributed by atoms with Crippen molar-refractivity contribution in [3.63, 3.8) is 0 Å². The van der Waals surface area contributed by atoms with Gasteiger partial charge in [-0.15, -0.1) is 0 Å². The summed E-state index contributed by atoms with van der Waals surface area (Å²) in [7, 11) is 0. The third-order valence-corrected chi connectivity index (χ3v) is 7.19. The van der Waals surface area contributed by atoms with E-state index in [1.165, 1.54) is 0 Å². The number of anilines is 1. The van der Waals surface area contributed by atoms with Crippen molar-refractivity contribution in [3.05, 3.63) is 64.2 Å². The number of aryl methyl sites for hydroxylation is 4. The molecule has 1 aliphatic carbocycles. The van der Waals surface area contributed by atoms with Crippen molar-refractivity contribution in [3.8, 4) is 0 Å². The maximum absolute atomic E-state index is 14.3. The van der Waals surface area contributed by atoms with E-state index in [0.717, 1.165) is 28.7 Å². The van der Waals surface area contributed by atoms with Gasteiger partial charge in [0.2, 0.25) is 11.8 Å². The van der Waals surface area contributed by atoms with Crippen LogP contribution in [0.5, 0.6) is 0 Å². The van der Waals surface area contributed by atoms with Crippen LogP contribution in [0.15, 0.2) is 36.4 Å². The second-order valence-corrected chi connectivity index (χ2v) is 11.7. The maximum atomic E-state index is 14.3. The molecule has 4 amide bonds. The van der Waals surface area contributed by atoms with Crippen LogP contribution in [0.25, 0.3) is 0 Å². The lowest BCUT2D eigenvalue weighted by Gasteiger charge is -2.44. The molecule has 0 spiro atoms. The molecule has 0 radical (unpaired) electrons. The molecular weight excluding hydrogens is 508 g/mol. The van der Waals surface area contributed by atoms with E-state index >= 15 is 0 Å². The topological polar surface area (TPSA) is 131 Å². The number of alkyl carbamates (subject to hydrolysis) is 1. The number of nitrogens with zero attached hydrogens (tertiary/aromatic N) is 1. The summed E-state index contributed by atoms with van der Waals surface area (Å²) in [6, 6.07) is 8.92. The van der Waals surface area contributed by atoms with Crippen molar-refractivity contribution in [2.24, 2.45) is 5.73 Å². The Kier molecular flexibility index (Phi) is 9.60. The van der Waals surface area contributed by atoms with Gasteiger partial charge in [0.05, 0.1) is 6.42 Å². The number of nitrogens with two attached hydrogens (primary N) is 1. The molecule has 216 valence electrons. The SMILES string of the molecule is Cc1cccc(C)c1NC(=O)C(c1c(C)cccc1C)N(C(=O)C(CC(N)=O)NC(=O)OC(C)(C)C)C1CCC1. The van der Waals surface area contributed by atoms with Gasteiger partial charge in [-0.25, -0.2) is 4.79 Å². The van der Waals surface area contributed by atoms with Crippen LogP contribution in [0, 0.1) is 27.7 Å². The molecule has 0 aromatic heterocycles. The Labute approximate surface area is 236 Å². The fourth-order valence-corrected chi connectivity index (χ4v) is 5.07. The number of ether oxygens (including phenoxy) is 1. The van der Waals surface area contributed by atoms with Crippen LogP contribution in [0.1, 0.15) is 80.3 Å². The van der Waals surface area contributed by atoms with Crippen molar-refractivity contribution in [1.29, 1.82) is 0 Å². The van der Waals surface area contributed by atoms with E-state index < -0.39 is 42.0 Å². The Morgan fingerprint density at radius 2 is 1.48 bits per heavy atom. The molecule has 1 saturated carbocycles. The number of hydrogen-bond donors (Lipinski definition) is 3. The number of para-hydroxylation sites is 1. The summed E-state index contributed by atoms with van der Waals surface area (Å²) in [5.74, 6) is -1.68. The minimum Gasteiger partial charge on any atom is -0.444 e. The Morgan fingerprint density at radius 1 is 0.950 bits per heavy atom. The molecule has 1 fully saturated rings. The van der Waals surface area contributed by atoms with E-state index in [1.807, 2.05) is 64.1 Å². The van der Waals surface area contributed by atoms with Gasteiger partial charge < -0.3 is 26.0 Å². The molecule has 40 heavy (non-hydrogen) atoms. The molecule has 2 aromatic rings. The predicted octanol–water partition coefficient (Wildman–Crippen LogP) is 4.75. The fourth-order valence-electron chi connectivity index (χ4n) is 5.07. The molecule has 0 heterocycles. The molecule has 0 saturated heterocycles. The molecule has 1 aliphatic rings. The lowest BCUT2D eigenvalue weighted by atomic mass is 9.86. The highest BCUT2D eigenvalue weighted by molar-refractivity contribution is 6.01. The first-order valence-electron chi connectivity index (χ1n) is 13.7. The minimum atomic E-state index is -1.30. The quantitative estimate of drug-likeness (QED) is 0.415. The van der Waals surface area contributed by atoms with E-state index in [4.69, 9.17) is 10.5 Å². The lowest BCUT2D eigenvalue weighted by Crippen LogP contribution is -2.57. The third-order valence-electron chi connectivity index (χ3n) is 7.19. The lowest BCUT2D eigenvalue weighted by molar-refractivity contribution is -0.146. The van der Waals surface area contributed by atoms with Gasteiger partial charge in [-0.1, -0.05) is 36.4 Å². The van der Waals surface area contributed by atoms with Crippen LogP contribution >= 0.6 is 0 Å². The summed E-state index contributed by atoms with van der Waals surface area (Å²) in [4.78, 5) is 54.8. The van der Waals surface area contributed by atoms with Crippen molar-refractivity contribution >= 4 is 29.5 Å². The average molecular weight is 551 g/mol. The largest absolute Gasteiger partial charge is 0.444 e. The number of amides is 4. The first-order valence-corrected chi connectivity index (χ1v) is 13.7. The highest BCUT2D eigenvalue weighted by atomic mass is 16.6. The summed E-state index contributed by atoms with van der Waals surface area (Å²) in [5, 5.41) is 5.63. The maximum Gasteiger partial charge on any atom is 0.408 e. The van der Waals surface area contributed by atoms with Crippen LogP contribution in [-0.4, -0.2) is 46.4 Å². The van der Waals surface area contributed by atoms with E-state index in [1.54, 1.807) is 25.7 Å². The number of carbonyl (C=O) groups is 4. The van der Waals surface area contributed by atoms with Gasteiger partial charge in [0, 0.05) is 11.7 Å². The minimum absolute atomic E-state index is 0.254. The number of benzene rings is 2. The van der Waals surface area contributed by atoms with Gasteiger partial charge >= 0.3 is 6.09 Å². The summed E-state index contributed by atoms with van der Waals surface area (Å²) in [6.45, 7) is 12.8. The van der Waals surface area contributed by atoms with E-state index in [0.29, 0.717) is 24.1 Å². The summed E-state index contributed by atoms with van der Waals surface area (Å²) >= 11 is 0. The zero-order valence-electron chi connectivity index (χ0n) is 24.6. The standard InChI is InChI=1S/C31H42N4O5/c1-18-11-8-12-19(2)25(18)27(28(37)34-26-20(3)13-9-14-21(26)4)35(22-15-10-16-22)29(38)23(17-24(32)36)33-30(39)40-31(5,6)7/h8-9,11-14,22-23,27H,10,15-17H2,1-7H3,(H2,32,36)(H,33,39)(H,34,37). The average Bonchev–Trinajstić information content (AvgIpc) is 2.79. The molecule has 3 rings (SSSR count). The Hall–Kier alpha value is -3.88. The van der Waals surface area contributed by atoms with Crippen molar-refractivity contribution in [2.75, 3.05) is 5.32 Å². The normalized spacial score (nSPS) is 14.9. The van der Waals surface area contributed by atoms with Crippen LogP contribution < -0.4 is 16.4 Å². The van der Waals surface area contributed by atoms with Crippen LogP contribution in [0.3, 0.4) is 0 Å². The predicted molar refractivity (Wildman–Crippen MR) is 155 cm³/mol. The number of rotatable bonds is 9. The van der Waals surface area contributed by atoms with E-state index in [9.17, 15) is 19.2 Å². The number of hydrogen-bond acceptors (Lipinski definition) is 5. The van der Waals surface area contributed by atoms with E-state index in [2.05, 4.69) is 10.6 Å². The summed E-state index contributed by atoms with van der Waals surface area (Å²) in [6.07, 6.45) is 1.01. The van der Waals surface area contributed by atoms with Gasteiger partial charge in [-0.05, 0) is 95.5 Å². The van der Waals surface area contributed by atoms with Crippen LogP contribution in [0.2, 0.25) is 0 Å². The summed E-state index contributed by atoms with van der Waals surface area (Å²) in [5.41, 5.74) is 9.58. The Bertz CT molecular complexity index is 1240. The first kappa shape index (κ1) is 30.7. The highest BCUT2D eigenvalue weighted by Crippen LogP contribution is 2.37. The molecule has 2 aromatic carbocycles. The van der Waals surface area contributed by atoms with Crippen molar-refractivity contribution in [2.45, 2.75) is 97.9 Å². The number of primary amides is 1. The number of carbonyl (C=O) groups excluding carboxylic acids is 4. The van der Waals surface area contributed by atoms with Gasteiger partial charge in [-0.3, -0.25) is 14.4 Å². The number of nitrogens with one attached hydrogen (secondary N) is 2. The highest BCUT2D eigenvalue weighted by Gasteiger charge is 2.43. The Morgan fingerprint density at radius 3 is 1.93 bits per heavy atom. The van der Waals surface area contributed by atoms with Gasteiger partial charge in [0.1, 0.15) is 17.7 Å². The smallest absolute Gasteiger partial charge is 0.408 e. The molecular formula is C31H42N4O5. The van der Waals surface area contributed by atoms with Crippen LogP contribution in [-0.2, 0) is 19.1 Å². The fraction of sp³-hybridized carbons (Fsp3) is 0.484. The molecule has 9 nitrogen and oxygen atoms in total. The third kappa shape index (κ3) is 7.40. The Balaban J connectivity index is 2.12. The molecule has 2 atom stereocenters. The molecule has 4 N–H and O–H groups in total. The monoisotopic (exact) mass is 550 g/mol. The molecule has 0 aliphatic heterocycles. The second kappa shape index (κ2) is 12.5. The molecule has 9 heteroatoms. The van der Waals surface area contributed by atoms with Crippen LogP contribution in [0.4, 0.5) is 10.5 Å². The van der Waals surface area contributed by atoms with E-state index in [-0.39, 0.29) is 11.9 Å².